The van der Waals surface area contributed by atoms with Gasteiger partial charge in [-0.25, -0.2) is 4.39 Å². The molecular formula is C12H17FN2OS. The van der Waals surface area contributed by atoms with Crippen LogP contribution >= 0.6 is 12.2 Å². The normalized spacial score (nSPS) is 12.2. The van der Waals surface area contributed by atoms with Gasteiger partial charge in [-0.2, -0.15) is 0 Å². The van der Waals surface area contributed by atoms with Crippen molar-refractivity contribution < 1.29 is 9.13 Å². The average molecular weight is 256 g/mol. The molecule has 0 aliphatic carbocycles. The van der Waals surface area contributed by atoms with Crippen LogP contribution in [-0.4, -0.2) is 24.7 Å². The van der Waals surface area contributed by atoms with E-state index in [1.807, 2.05) is 6.92 Å². The van der Waals surface area contributed by atoms with Gasteiger partial charge >= 0.3 is 0 Å². The number of ether oxygens (including phenoxy) is 1. The molecule has 5 heteroatoms. The molecular weight excluding hydrogens is 239 g/mol. The maximum atomic E-state index is 13.7. The Bertz CT molecular complexity index is 398. The van der Waals surface area contributed by atoms with Crippen molar-refractivity contribution in [3.63, 3.8) is 0 Å². The Morgan fingerprint density at radius 3 is 2.76 bits per heavy atom. The lowest BCUT2D eigenvalue weighted by Gasteiger charge is -2.18. The zero-order chi connectivity index (χ0) is 12.8. The molecule has 0 spiro atoms. The van der Waals surface area contributed by atoms with Crippen LogP contribution < -0.4 is 11.1 Å². The molecule has 1 aromatic carbocycles. The summed E-state index contributed by atoms with van der Waals surface area (Å²) < 4.78 is 18.8. The van der Waals surface area contributed by atoms with Crippen molar-refractivity contribution in [1.82, 2.24) is 0 Å². The van der Waals surface area contributed by atoms with E-state index in [0.717, 1.165) is 6.42 Å². The third kappa shape index (κ3) is 3.94. The summed E-state index contributed by atoms with van der Waals surface area (Å²) in [6.45, 7) is 2.55. The zero-order valence-corrected chi connectivity index (χ0v) is 10.8. The first-order valence-corrected chi connectivity index (χ1v) is 5.84. The van der Waals surface area contributed by atoms with Gasteiger partial charge in [0.2, 0.25) is 0 Å². The molecule has 1 aromatic rings. The maximum Gasteiger partial charge on any atom is 0.146 e. The quantitative estimate of drug-likeness (QED) is 0.767. The Morgan fingerprint density at radius 1 is 1.59 bits per heavy atom. The molecule has 94 valence electrons. The van der Waals surface area contributed by atoms with E-state index < -0.39 is 0 Å². The molecule has 0 saturated heterocycles. The van der Waals surface area contributed by atoms with Crippen LogP contribution in [0.4, 0.5) is 10.1 Å². The predicted molar refractivity (Wildman–Crippen MR) is 71.9 cm³/mol. The molecule has 0 saturated carbocycles. The number of halogens is 1. The standard InChI is InChI=1S/C12H17FN2OS/c1-3-9(7-16-2)15-11-5-4-8(12(14)17)6-10(11)13/h4-6,9,15H,3,7H2,1-2H3,(H2,14,17). The summed E-state index contributed by atoms with van der Waals surface area (Å²) in [6, 6.07) is 4.77. The van der Waals surface area contributed by atoms with Crippen molar-refractivity contribution in [3.8, 4) is 0 Å². The van der Waals surface area contributed by atoms with Gasteiger partial charge in [0.05, 0.1) is 12.3 Å². The van der Waals surface area contributed by atoms with Crippen LogP contribution in [0.25, 0.3) is 0 Å². The summed E-state index contributed by atoms with van der Waals surface area (Å²) in [5, 5.41) is 3.08. The van der Waals surface area contributed by atoms with Gasteiger partial charge in [-0.15, -0.1) is 0 Å². The highest BCUT2D eigenvalue weighted by atomic mass is 32.1. The molecule has 1 unspecified atom stereocenters. The van der Waals surface area contributed by atoms with Crippen LogP contribution in [0, 0.1) is 5.82 Å². The molecule has 0 aliphatic rings. The molecule has 3 nitrogen and oxygen atoms in total. The lowest BCUT2D eigenvalue weighted by atomic mass is 10.1. The topological polar surface area (TPSA) is 47.3 Å². The van der Waals surface area contributed by atoms with Gasteiger partial charge in [-0.3, -0.25) is 0 Å². The van der Waals surface area contributed by atoms with Gasteiger partial charge in [0.1, 0.15) is 10.8 Å². The number of nitrogens with one attached hydrogen (secondary N) is 1. The van der Waals surface area contributed by atoms with Gasteiger partial charge in [0.25, 0.3) is 0 Å². The molecule has 1 rings (SSSR count). The van der Waals surface area contributed by atoms with E-state index in [-0.39, 0.29) is 16.8 Å². The molecule has 0 aromatic heterocycles. The summed E-state index contributed by atoms with van der Waals surface area (Å²) >= 11 is 4.79. The minimum atomic E-state index is -0.357. The Hall–Kier alpha value is -1.20. The lowest BCUT2D eigenvalue weighted by molar-refractivity contribution is 0.184. The van der Waals surface area contributed by atoms with Gasteiger partial charge in [-0.1, -0.05) is 19.1 Å². The zero-order valence-electron chi connectivity index (χ0n) is 10.00. The number of nitrogens with two attached hydrogens (primary N) is 1. The lowest BCUT2D eigenvalue weighted by Crippen LogP contribution is -2.24. The number of thiocarbonyl (C=S) groups is 1. The van der Waals surface area contributed by atoms with E-state index in [1.165, 1.54) is 6.07 Å². The van der Waals surface area contributed by atoms with E-state index in [2.05, 4.69) is 5.32 Å². The predicted octanol–water partition coefficient (Wildman–Crippen LogP) is 2.30. The molecule has 0 aliphatic heterocycles. The second-order valence-corrected chi connectivity index (χ2v) is 4.20. The van der Waals surface area contributed by atoms with E-state index in [9.17, 15) is 4.39 Å². The minimum absolute atomic E-state index is 0.0881. The van der Waals surface area contributed by atoms with Gasteiger partial charge in [0, 0.05) is 18.7 Å². The van der Waals surface area contributed by atoms with E-state index in [0.29, 0.717) is 17.9 Å². The Balaban J connectivity index is 2.81. The van der Waals surface area contributed by atoms with Crippen LogP contribution in [0.5, 0.6) is 0 Å². The van der Waals surface area contributed by atoms with Crippen molar-refractivity contribution in [1.29, 1.82) is 0 Å². The molecule has 3 N–H and O–H groups in total. The van der Waals surface area contributed by atoms with Gasteiger partial charge in [0.15, 0.2) is 0 Å². The van der Waals surface area contributed by atoms with E-state index in [1.54, 1.807) is 19.2 Å². The number of hydrogen-bond donors (Lipinski definition) is 2. The summed E-state index contributed by atoms with van der Waals surface area (Å²) in [7, 11) is 1.62. The number of anilines is 1. The number of benzene rings is 1. The summed E-state index contributed by atoms with van der Waals surface area (Å²) in [5.41, 5.74) is 6.40. The molecule has 0 bridgehead atoms. The number of methoxy groups -OCH3 is 1. The van der Waals surface area contributed by atoms with Crippen LogP contribution in [0.15, 0.2) is 18.2 Å². The fraction of sp³-hybridized carbons (Fsp3) is 0.417. The molecule has 0 radical (unpaired) electrons. The van der Waals surface area contributed by atoms with Crippen LogP contribution in [0.1, 0.15) is 18.9 Å². The first-order chi connectivity index (χ1) is 8.08. The largest absolute Gasteiger partial charge is 0.389 e. The van der Waals surface area contributed by atoms with Crippen molar-refractivity contribution >= 4 is 22.9 Å². The highest BCUT2D eigenvalue weighted by molar-refractivity contribution is 7.80. The van der Waals surface area contributed by atoms with Crippen molar-refractivity contribution in [2.75, 3.05) is 19.0 Å². The van der Waals surface area contributed by atoms with Crippen molar-refractivity contribution in [2.45, 2.75) is 19.4 Å². The fourth-order valence-corrected chi connectivity index (χ4v) is 1.60. The second-order valence-electron chi connectivity index (χ2n) is 3.76. The van der Waals surface area contributed by atoms with Crippen LogP contribution in [0.2, 0.25) is 0 Å². The fourth-order valence-electron chi connectivity index (χ4n) is 1.47. The first kappa shape index (κ1) is 13.9. The Morgan fingerprint density at radius 2 is 2.29 bits per heavy atom. The molecule has 0 amide bonds. The summed E-state index contributed by atoms with van der Waals surface area (Å²) in [6.07, 6.45) is 0.852. The second kappa shape index (κ2) is 6.51. The smallest absolute Gasteiger partial charge is 0.146 e. The van der Waals surface area contributed by atoms with E-state index in [4.69, 9.17) is 22.7 Å². The van der Waals surface area contributed by atoms with Gasteiger partial charge in [-0.05, 0) is 24.6 Å². The molecule has 1 atom stereocenters. The third-order valence-corrected chi connectivity index (χ3v) is 2.71. The summed E-state index contributed by atoms with van der Waals surface area (Å²) in [5.74, 6) is -0.357. The van der Waals surface area contributed by atoms with Crippen molar-refractivity contribution in [3.05, 3.63) is 29.6 Å². The average Bonchev–Trinajstić information content (AvgIpc) is 2.30. The maximum absolute atomic E-state index is 13.7. The van der Waals surface area contributed by atoms with Crippen molar-refractivity contribution in [2.24, 2.45) is 5.73 Å². The highest BCUT2D eigenvalue weighted by Crippen LogP contribution is 2.17. The first-order valence-electron chi connectivity index (χ1n) is 5.43. The molecule has 17 heavy (non-hydrogen) atoms. The Labute approximate surface area is 106 Å². The Kier molecular flexibility index (Phi) is 5.31. The summed E-state index contributed by atoms with van der Waals surface area (Å²) in [4.78, 5) is 0.194. The van der Waals surface area contributed by atoms with E-state index >= 15 is 0 Å². The number of rotatable bonds is 6. The molecule has 0 heterocycles. The highest BCUT2D eigenvalue weighted by Gasteiger charge is 2.10. The third-order valence-electron chi connectivity index (χ3n) is 2.47. The van der Waals surface area contributed by atoms with Crippen LogP contribution in [-0.2, 0) is 4.74 Å². The monoisotopic (exact) mass is 256 g/mol. The number of hydrogen-bond acceptors (Lipinski definition) is 3. The van der Waals surface area contributed by atoms with Crippen LogP contribution in [0.3, 0.4) is 0 Å². The van der Waals surface area contributed by atoms with Gasteiger partial charge < -0.3 is 15.8 Å². The SMILES string of the molecule is CCC(COC)Nc1ccc(C(N)=S)cc1F. The minimum Gasteiger partial charge on any atom is -0.389 e. The molecule has 0 fully saturated rings.